The highest BCUT2D eigenvalue weighted by atomic mass is 35.5. The van der Waals surface area contributed by atoms with Gasteiger partial charge in [-0.3, -0.25) is 0 Å². The molecule has 8 heteroatoms. The van der Waals surface area contributed by atoms with E-state index < -0.39 is 23.4 Å². The summed E-state index contributed by atoms with van der Waals surface area (Å²) in [4.78, 5) is 29.5. The van der Waals surface area contributed by atoms with Gasteiger partial charge in [0.2, 0.25) is 0 Å². The third-order valence-electron chi connectivity index (χ3n) is 2.43. The monoisotopic (exact) mass is 376 g/mol. The van der Waals surface area contributed by atoms with Crippen LogP contribution in [0.5, 0.6) is 0 Å². The van der Waals surface area contributed by atoms with Gasteiger partial charge in [-0.15, -0.1) is 0 Å². The standard InChI is InChI=1S/C16H22Cl2N2O4/c1-15(2,3)23-13(21)20(14(22)24-16(4,5)6)9-10-7-11(17)8-19-12(10)18/h7-8H,9H2,1-6H3. The van der Waals surface area contributed by atoms with Crippen LogP contribution in [0.15, 0.2) is 12.3 Å². The van der Waals surface area contributed by atoms with Crippen molar-refractivity contribution < 1.29 is 19.1 Å². The van der Waals surface area contributed by atoms with E-state index in [9.17, 15) is 9.59 Å². The van der Waals surface area contributed by atoms with Crippen molar-refractivity contribution in [3.05, 3.63) is 28.0 Å². The molecule has 0 atom stereocenters. The van der Waals surface area contributed by atoms with E-state index in [-0.39, 0.29) is 11.7 Å². The van der Waals surface area contributed by atoms with E-state index in [0.29, 0.717) is 10.6 Å². The Labute approximate surface area is 152 Å². The summed E-state index contributed by atoms with van der Waals surface area (Å²) in [6.07, 6.45) is -0.306. The molecule has 24 heavy (non-hydrogen) atoms. The highest BCUT2D eigenvalue weighted by Crippen LogP contribution is 2.22. The number of carbonyl (C=O) groups excluding carboxylic acids is 2. The Hall–Kier alpha value is -1.53. The molecule has 1 aromatic rings. The quantitative estimate of drug-likeness (QED) is 0.674. The average Bonchev–Trinajstić information content (AvgIpc) is 2.35. The zero-order chi connectivity index (χ0) is 18.7. The molecule has 1 aromatic heterocycles. The van der Waals surface area contributed by atoms with E-state index >= 15 is 0 Å². The number of carbonyl (C=O) groups is 2. The smallest absolute Gasteiger partial charge is 0.420 e. The lowest BCUT2D eigenvalue weighted by Gasteiger charge is -2.28. The molecule has 0 N–H and O–H groups in total. The zero-order valence-corrected chi connectivity index (χ0v) is 16.2. The summed E-state index contributed by atoms with van der Waals surface area (Å²) in [6.45, 7) is 10.0. The number of nitrogens with zero attached hydrogens (tertiary/aromatic N) is 2. The molecule has 0 aromatic carbocycles. The van der Waals surface area contributed by atoms with Crippen molar-refractivity contribution in [2.24, 2.45) is 0 Å². The summed E-state index contributed by atoms with van der Waals surface area (Å²) in [7, 11) is 0. The fourth-order valence-corrected chi connectivity index (χ4v) is 1.93. The highest BCUT2D eigenvalue weighted by molar-refractivity contribution is 6.32. The van der Waals surface area contributed by atoms with Crippen molar-refractivity contribution in [2.45, 2.75) is 59.3 Å². The molecule has 6 nitrogen and oxygen atoms in total. The number of rotatable bonds is 2. The summed E-state index contributed by atoms with van der Waals surface area (Å²) in [5, 5.41) is 0.472. The van der Waals surface area contributed by atoms with E-state index in [1.54, 1.807) is 41.5 Å². The summed E-state index contributed by atoms with van der Waals surface area (Å²) in [5.41, 5.74) is -1.14. The van der Waals surface area contributed by atoms with Gasteiger partial charge in [0.25, 0.3) is 0 Å². The molecule has 0 saturated heterocycles. The van der Waals surface area contributed by atoms with Crippen molar-refractivity contribution in [3.63, 3.8) is 0 Å². The molecule has 0 bridgehead atoms. The SMILES string of the molecule is CC(C)(C)OC(=O)N(Cc1cc(Cl)cnc1Cl)C(=O)OC(C)(C)C. The number of imide groups is 1. The first kappa shape index (κ1) is 20.5. The second-order valence-corrected chi connectivity index (χ2v) is 7.94. The first-order chi connectivity index (χ1) is 10.8. The minimum absolute atomic E-state index is 0.136. The van der Waals surface area contributed by atoms with Gasteiger partial charge in [-0.05, 0) is 47.6 Å². The van der Waals surface area contributed by atoms with Crippen LogP contribution in [0.4, 0.5) is 9.59 Å². The summed E-state index contributed by atoms with van der Waals surface area (Å²) in [5.74, 6) is 0. The summed E-state index contributed by atoms with van der Waals surface area (Å²) in [6, 6.07) is 1.53. The van der Waals surface area contributed by atoms with Gasteiger partial charge in [-0.2, -0.15) is 0 Å². The van der Waals surface area contributed by atoms with Crippen molar-refractivity contribution in [1.82, 2.24) is 9.88 Å². The number of pyridine rings is 1. The molecule has 0 radical (unpaired) electrons. The molecular weight excluding hydrogens is 355 g/mol. The maximum absolute atomic E-state index is 12.4. The molecule has 0 aliphatic rings. The second kappa shape index (κ2) is 7.57. The number of hydrogen-bond donors (Lipinski definition) is 0. The second-order valence-electron chi connectivity index (χ2n) is 7.15. The lowest BCUT2D eigenvalue weighted by Crippen LogP contribution is -2.43. The number of amides is 2. The van der Waals surface area contributed by atoms with Crippen LogP contribution in [-0.2, 0) is 16.0 Å². The fourth-order valence-electron chi connectivity index (χ4n) is 1.58. The van der Waals surface area contributed by atoms with Crippen LogP contribution in [-0.4, -0.2) is 33.3 Å². The van der Waals surface area contributed by atoms with Crippen LogP contribution in [0.1, 0.15) is 47.1 Å². The number of ether oxygens (including phenoxy) is 2. The van der Waals surface area contributed by atoms with Gasteiger partial charge in [-0.25, -0.2) is 19.5 Å². The number of hydrogen-bond acceptors (Lipinski definition) is 5. The van der Waals surface area contributed by atoms with E-state index in [2.05, 4.69) is 4.98 Å². The summed E-state index contributed by atoms with van der Waals surface area (Å²) >= 11 is 11.9. The van der Waals surface area contributed by atoms with Crippen LogP contribution in [0.25, 0.3) is 0 Å². The maximum atomic E-state index is 12.4. The van der Waals surface area contributed by atoms with Gasteiger partial charge in [0.1, 0.15) is 16.4 Å². The third-order valence-corrected chi connectivity index (χ3v) is 2.98. The fraction of sp³-hybridized carbons (Fsp3) is 0.562. The Kier molecular flexibility index (Phi) is 6.47. The molecular formula is C16H22Cl2N2O4. The minimum Gasteiger partial charge on any atom is -0.443 e. The van der Waals surface area contributed by atoms with Crippen molar-refractivity contribution >= 4 is 35.4 Å². The van der Waals surface area contributed by atoms with Crippen molar-refractivity contribution in [3.8, 4) is 0 Å². The molecule has 0 unspecified atom stereocenters. The molecule has 134 valence electrons. The van der Waals surface area contributed by atoms with Gasteiger partial charge >= 0.3 is 12.2 Å². The highest BCUT2D eigenvalue weighted by Gasteiger charge is 2.31. The van der Waals surface area contributed by atoms with Crippen LogP contribution in [0, 0.1) is 0 Å². The molecule has 1 rings (SSSR count). The number of aromatic nitrogens is 1. The predicted octanol–water partition coefficient (Wildman–Crippen LogP) is 5.06. The predicted molar refractivity (Wildman–Crippen MR) is 92.3 cm³/mol. The molecule has 0 saturated carbocycles. The Balaban J connectivity index is 3.10. The first-order valence-corrected chi connectivity index (χ1v) is 8.07. The van der Waals surface area contributed by atoms with E-state index in [1.165, 1.54) is 12.3 Å². The van der Waals surface area contributed by atoms with Crippen LogP contribution >= 0.6 is 23.2 Å². The topological polar surface area (TPSA) is 68.7 Å². The zero-order valence-electron chi connectivity index (χ0n) is 14.6. The molecule has 0 aliphatic carbocycles. The molecule has 0 fully saturated rings. The number of halogens is 2. The van der Waals surface area contributed by atoms with Gasteiger partial charge in [-0.1, -0.05) is 23.2 Å². The normalized spacial score (nSPS) is 11.8. The van der Waals surface area contributed by atoms with Crippen LogP contribution in [0.3, 0.4) is 0 Å². The lowest BCUT2D eigenvalue weighted by molar-refractivity contribution is -0.000247. The van der Waals surface area contributed by atoms with Crippen LogP contribution in [0.2, 0.25) is 10.2 Å². The maximum Gasteiger partial charge on any atom is 0.420 e. The Bertz CT molecular complexity index is 593. The Morgan fingerprint density at radius 2 is 1.50 bits per heavy atom. The van der Waals surface area contributed by atoms with Crippen LogP contribution < -0.4 is 0 Å². The molecule has 1 heterocycles. The Morgan fingerprint density at radius 3 is 1.92 bits per heavy atom. The average molecular weight is 377 g/mol. The summed E-state index contributed by atoms with van der Waals surface area (Å²) < 4.78 is 10.5. The largest absolute Gasteiger partial charge is 0.443 e. The van der Waals surface area contributed by atoms with Crippen molar-refractivity contribution in [1.29, 1.82) is 0 Å². The third kappa shape index (κ3) is 6.93. The van der Waals surface area contributed by atoms with Gasteiger partial charge in [0.15, 0.2) is 0 Å². The van der Waals surface area contributed by atoms with E-state index in [4.69, 9.17) is 32.7 Å². The molecule has 0 aliphatic heterocycles. The van der Waals surface area contributed by atoms with E-state index in [1.807, 2.05) is 0 Å². The first-order valence-electron chi connectivity index (χ1n) is 7.32. The Morgan fingerprint density at radius 1 is 1.04 bits per heavy atom. The molecule has 0 spiro atoms. The van der Waals surface area contributed by atoms with E-state index in [0.717, 1.165) is 4.90 Å². The lowest BCUT2D eigenvalue weighted by atomic mass is 10.2. The molecule has 2 amide bonds. The van der Waals surface area contributed by atoms with Gasteiger partial charge in [0.05, 0.1) is 11.6 Å². The minimum atomic E-state index is -0.840. The van der Waals surface area contributed by atoms with Gasteiger partial charge in [0, 0.05) is 11.8 Å². The van der Waals surface area contributed by atoms with Crippen molar-refractivity contribution in [2.75, 3.05) is 0 Å². The van der Waals surface area contributed by atoms with Gasteiger partial charge < -0.3 is 9.47 Å².